The summed E-state index contributed by atoms with van der Waals surface area (Å²) in [4.78, 5) is 17.2. The van der Waals surface area contributed by atoms with Crippen molar-refractivity contribution in [2.24, 2.45) is 0 Å². The SMILES string of the molecule is Cc1nc(CN(C)C(C(=O)O)c2ccc(F)cc2F)cs1. The zero-order chi connectivity index (χ0) is 15.6. The predicted molar refractivity (Wildman–Crippen MR) is 75.1 cm³/mol. The molecular formula is C14H14F2N2O2S. The van der Waals surface area contributed by atoms with Gasteiger partial charge in [0, 0.05) is 23.6 Å². The molecule has 2 aromatic rings. The number of thiazole rings is 1. The summed E-state index contributed by atoms with van der Waals surface area (Å²) >= 11 is 1.46. The van der Waals surface area contributed by atoms with Crippen LogP contribution in [-0.4, -0.2) is 28.0 Å². The van der Waals surface area contributed by atoms with Gasteiger partial charge >= 0.3 is 5.97 Å². The first kappa shape index (κ1) is 15.5. The fourth-order valence-electron chi connectivity index (χ4n) is 2.11. The first-order valence-corrected chi connectivity index (χ1v) is 7.05. The van der Waals surface area contributed by atoms with Crippen LogP contribution >= 0.6 is 11.3 Å². The van der Waals surface area contributed by atoms with Crippen LogP contribution in [0.4, 0.5) is 8.78 Å². The second kappa shape index (κ2) is 6.28. The van der Waals surface area contributed by atoms with E-state index >= 15 is 0 Å². The summed E-state index contributed by atoms with van der Waals surface area (Å²) < 4.78 is 26.8. The quantitative estimate of drug-likeness (QED) is 0.922. The maximum absolute atomic E-state index is 13.8. The molecule has 112 valence electrons. The number of rotatable bonds is 5. The molecule has 0 bridgehead atoms. The van der Waals surface area contributed by atoms with Crippen molar-refractivity contribution in [2.45, 2.75) is 19.5 Å². The van der Waals surface area contributed by atoms with Crippen molar-refractivity contribution in [2.75, 3.05) is 7.05 Å². The number of nitrogens with zero attached hydrogens (tertiary/aromatic N) is 2. The minimum atomic E-state index is -1.20. The maximum Gasteiger partial charge on any atom is 0.325 e. The summed E-state index contributed by atoms with van der Waals surface area (Å²) in [6.45, 7) is 2.11. The Labute approximate surface area is 124 Å². The summed E-state index contributed by atoms with van der Waals surface area (Å²) in [6, 6.07) is 1.70. The largest absolute Gasteiger partial charge is 0.480 e. The van der Waals surface area contributed by atoms with E-state index in [0.717, 1.165) is 17.1 Å². The monoisotopic (exact) mass is 312 g/mol. The van der Waals surface area contributed by atoms with Gasteiger partial charge in [-0.05, 0) is 20.0 Å². The van der Waals surface area contributed by atoms with Gasteiger partial charge in [0.1, 0.15) is 17.7 Å². The molecule has 0 aliphatic rings. The van der Waals surface area contributed by atoms with E-state index in [2.05, 4.69) is 4.98 Å². The lowest BCUT2D eigenvalue weighted by Crippen LogP contribution is -2.31. The number of likely N-dealkylation sites (N-methyl/N-ethyl adjacent to an activating group) is 1. The summed E-state index contributed by atoms with van der Waals surface area (Å²) in [6.07, 6.45) is 0. The summed E-state index contributed by atoms with van der Waals surface area (Å²) in [7, 11) is 1.57. The first-order valence-electron chi connectivity index (χ1n) is 6.17. The summed E-state index contributed by atoms with van der Waals surface area (Å²) in [5, 5.41) is 12.1. The van der Waals surface area contributed by atoms with Gasteiger partial charge in [0.25, 0.3) is 0 Å². The van der Waals surface area contributed by atoms with Crippen LogP contribution in [0, 0.1) is 18.6 Å². The standard InChI is InChI=1S/C14H14F2N2O2S/c1-8-17-10(7-21-8)6-18(2)13(14(19)20)11-4-3-9(15)5-12(11)16/h3-5,7,13H,6H2,1-2H3,(H,19,20). The Morgan fingerprint density at radius 3 is 2.71 bits per heavy atom. The van der Waals surface area contributed by atoms with Gasteiger partial charge in [-0.2, -0.15) is 0 Å². The first-order chi connectivity index (χ1) is 9.88. The molecule has 1 atom stereocenters. The Balaban J connectivity index is 2.27. The number of carboxylic acids is 1. The third kappa shape index (κ3) is 3.62. The molecule has 0 radical (unpaired) electrons. The fraction of sp³-hybridized carbons (Fsp3) is 0.286. The Kier molecular flexibility index (Phi) is 4.64. The van der Waals surface area contributed by atoms with Crippen molar-refractivity contribution in [3.05, 3.63) is 51.5 Å². The fourth-order valence-corrected chi connectivity index (χ4v) is 2.71. The van der Waals surface area contributed by atoms with Crippen LogP contribution < -0.4 is 0 Å². The summed E-state index contributed by atoms with van der Waals surface area (Å²) in [5.74, 6) is -2.81. The van der Waals surface area contributed by atoms with Crippen molar-refractivity contribution in [3.8, 4) is 0 Å². The van der Waals surface area contributed by atoms with E-state index < -0.39 is 23.6 Å². The lowest BCUT2D eigenvalue weighted by Gasteiger charge is -2.24. The van der Waals surface area contributed by atoms with Crippen LogP contribution in [0.15, 0.2) is 23.6 Å². The molecule has 1 aromatic carbocycles. The number of halogens is 2. The minimum absolute atomic E-state index is 0.0710. The van der Waals surface area contributed by atoms with E-state index in [1.807, 2.05) is 12.3 Å². The lowest BCUT2D eigenvalue weighted by atomic mass is 10.0. The van der Waals surface area contributed by atoms with Gasteiger partial charge in [0.05, 0.1) is 10.7 Å². The highest BCUT2D eigenvalue weighted by atomic mass is 32.1. The van der Waals surface area contributed by atoms with Gasteiger partial charge < -0.3 is 5.11 Å². The molecule has 2 rings (SSSR count). The number of aliphatic carboxylic acids is 1. The molecule has 1 N–H and O–H groups in total. The molecule has 21 heavy (non-hydrogen) atoms. The van der Waals surface area contributed by atoms with Crippen LogP contribution in [0.2, 0.25) is 0 Å². The topological polar surface area (TPSA) is 53.4 Å². The molecule has 0 saturated heterocycles. The zero-order valence-electron chi connectivity index (χ0n) is 11.5. The smallest absolute Gasteiger partial charge is 0.325 e. The van der Waals surface area contributed by atoms with Crippen molar-refractivity contribution >= 4 is 17.3 Å². The second-order valence-electron chi connectivity index (χ2n) is 4.68. The Bertz CT molecular complexity index is 660. The Morgan fingerprint density at radius 1 is 1.48 bits per heavy atom. The van der Waals surface area contributed by atoms with Crippen molar-refractivity contribution in [3.63, 3.8) is 0 Å². The number of aryl methyl sites for hydroxylation is 1. The molecule has 0 spiro atoms. The van der Waals surface area contributed by atoms with E-state index in [-0.39, 0.29) is 12.1 Å². The normalized spacial score (nSPS) is 12.6. The third-order valence-corrected chi connectivity index (χ3v) is 3.83. The Morgan fingerprint density at radius 2 is 2.19 bits per heavy atom. The van der Waals surface area contributed by atoms with Crippen molar-refractivity contribution in [1.29, 1.82) is 0 Å². The number of hydrogen-bond acceptors (Lipinski definition) is 4. The van der Waals surface area contributed by atoms with Crippen LogP contribution in [0.1, 0.15) is 22.3 Å². The molecule has 1 aromatic heterocycles. The molecule has 1 heterocycles. The van der Waals surface area contributed by atoms with Crippen LogP contribution in [0.25, 0.3) is 0 Å². The molecule has 1 unspecified atom stereocenters. The molecule has 0 saturated carbocycles. The predicted octanol–water partition coefficient (Wildman–Crippen LogP) is 2.99. The average Bonchev–Trinajstić information content (AvgIpc) is 2.77. The number of aromatic nitrogens is 1. The van der Waals surface area contributed by atoms with Crippen molar-refractivity contribution in [1.82, 2.24) is 9.88 Å². The molecule has 0 aliphatic heterocycles. The Hall–Kier alpha value is -1.86. The van der Waals surface area contributed by atoms with Gasteiger partial charge in [-0.25, -0.2) is 13.8 Å². The number of hydrogen-bond donors (Lipinski definition) is 1. The number of carboxylic acid groups (broad SMARTS) is 1. The number of benzene rings is 1. The molecular weight excluding hydrogens is 298 g/mol. The van der Waals surface area contributed by atoms with Crippen LogP contribution in [0.5, 0.6) is 0 Å². The summed E-state index contributed by atoms with van der Waals surface area (Å²) in [5.41, 5.74) is 0.645. The molecule has 4 nitrogen and oxygen atoms in total. The van der Waals surface area contributed by atoms with Gasteiger partial charge in [0.2, 0.25) is 0 Å². The van der Waals surface area contributed by atoms with Crippen LogP contribution in [0.3, 0.4) is 0 Å². The van der Waals surface area contributed by atoms with E-state index in [1.54, 1.807) is 7.05 Å². The van der Waals surface area contributed by atoms with Gasteiger partial charge in [0.15, 0.2) is 0 Å². The van der Waals surface area contributed by atoms with Gasteiger partial charge in [-0.1, -0.05) is 6.07 Å². The second-order valence-corrected chi connectivity index (χ2v) is 5.74. The minimum Gasteiger partial charge on any atom is -0.480 e. The lowest BCUT2D eigenvalue weighted by molar-refractivity contribution is -0.143. The van der Waals surface area contributed by atoms with E-state index in [9.17, 15) is 18.7 Å². The number of carbonyl (C=O) groups is 1. The highest BCUT2D eigenvalue weighted by Gasteiger charge is 2.28. The molecule has 0 aliphatic carbocycles. The molecule has 0 fully saturated rings. The van der Waals surface area contributed by atoms with Gasteiger partial charge in [-0.3, -0.25) is 9.69 Å². The molecule has 0 amide bonds. The van der Waals surface area contributed by atoms with E-state index in [1.165, 1.54) is 16.2 Å². The zero-order valence-corrected chi connectivity index (χ0v) is 12.3. The van der Waals surface area contributed by atoms with Crippen LogP contribution in [-0.2, 0) is 11.3 Å². The van der Waals surface area contributed by atoms with E-state index in [0.29, 0.717) is 11.8 Å². The van der Waals surface area contributed by atoms with E-state index in [4.69, 9.17) is 0 Å². The van der Waals surface area contributed by atoms with Crippen molar-refractivity contribution < 1.29 is 18.7 Å². The van der Waals surface area contributed by atoms with Gasteiger partial charge in [-0.15, -0.1) is 11.3 Å². The third-order valence-electron chi connectivity index (χ3n) is 3.01. The average molecular weight is 312 g/mol. The molecule has 7 heteroatoms. The highest BCUT2D eigenvalue weighted by molar-refractivity contribution is 7.09. The highest BCUT2D eigenvalue weighted by Crippen LogP contribution is 2.25. The maximum atomic E-state index is 13.8.